The van der Waals surface area contributed by atoms with Crippen molar-refractivity contribution in [2.24, 2.45) is 11.8 Å². The number of nitrogens with one attached hydrogen (secondary N) is 3. The van der Waals surface area contributed by atoms with Crippen molar-refractivity contribution >= 4 is 45.9 Å². The minimum absolute atomic E-state index is 0.154. The van der Waals surface area contributed by atoms with Gasteiger partial charge in [0.05, 0.1) is 25.0 Å². The smallest absolute Gasteiger partial charge is 0.250 e. The summed E-state index contributed by atoms with van der Waals surface area (Å²) in [6.45, 7) is 0.389. The number of amides is 3. The number of rotatable bonds is 5. The van der Waals surface area contributed by atoms with Gasteiger partial charge in [0.15, 0.2) is 0 Å². The largest absolute Gasteiger partial charge is 0.383 e. The first-order valence-electron chi connectivity index (χ1n) is 11.2. The molecule has 2 fully saturated rings. The van der Waals surface area contributed by atoms with Crippen molar-refractivity contribution in [1.29, 1.82) is 0 Å². The number of carbonyl (C=O) groups excluding carboxylic acids is 3. The quantitative estimate of drug-likeness (QED) is 0.489. The first-order chi connectivity index (χ1) is 16.5. The van der Waals surface area contributed by atoms with Crippen molar-refractivity contribution in [2.45, 2.75) is 18.0 Å². The molecular weight excluding hydrogens is 456 g/mol. The Labute approximate surface area is 200 Å². The van der Waals surface area contributed by atoms with Crippen molar-refractivity contribution in [2.75, 3.05) is 25.6 Å². The van der Waals surface area contributed by atoms with E-state index in [2.05, 4.69) is 15.6 Å². The Hall–Kier alpha value is -3.20. The average molecular weight is 479 g/mol. The Kier molecular flexibility index (Phi) is 4.81. The number of likely N-dealkylation sites (tertiary alicyclic amines) is 1. The fourth-order valence-electron chi connectivity index (χ4n) is 5.95. The molecule has 3 N–H and O–H groups in total. The number of ether oxygens (including phenoxy) is 1. The first kappa shape index (κ1) is 21.3. The van der Waals surface area contributed by atoms with Gasteiger partial charge in [0.1, 0.15) is 5.54 Å². The van der Waals surface area contributed by atoms with Crippen molar-refractivity contribution in [3.63, 3.8) is 0 Å². The molecule has 0 radical (unpaired) electrons. The second-order valence-electron chi connectivity index (χ2n) is 9.09. The highest BCUT2D eigenvalue weighted by Crippen LogP contribution is 2.53. The Morgan fingerprint density at radius 2 is 1.94 bits per heavy atom. The average Bonchev–Trinajstić information content (AvgIpc) is 3.53. The van der Waals surface area contributed by atoms with Gasteiger partial charge in [-0.2, -0.15) is 0 Å². The number of hydrogen-bond donors (Lipinski definition) is 3. The summed E-state index contributed by atoms with van der Waals surface area (Å²) in [7, 11) is 1.53. The number of fused-ring (bicyclic) bond motifs is 5. The van der Waals surface area contributed by atoms with Crippen molar-refractivity contribution < 1.29 is 19.1 Å². The molecule has 2 unspecified atom stereocenters. The van der Waals surface area contributed by atoms with Crippen LogP contribution in [0.2, 0.25) is 5.02 Å². The van der Waals surface area contributed by atoms with E-state index in [1.165, 1.54) is 12.0 Å². The summed E-state index contributed by atoms with van der Waals surface area (Å²) in [6, 6.07) is 12.6. The van der Waals surface area contributed by atoms with E-state index in [1.807, 2.05) is 30.5 Å². The number of aromatic nitrogens is 1. The van der Waals surface area contributed by atoms with E-state index < -0.39 is 23.4 Å². The van der Waals surface area contributed by atoms with Crippen LogP contribution in [-0.2, 0) is 31.1 Å². The van der Waals surface area contributed by atoms with E-state index in [-0.39, 0.29) is 30.9 Å². The number of carbonyl (C=O) groups is 3. The van der Waals surface area contributed by atoms with E-state index in [4.69, 9.17) is 16.3 Å². The zero-order valence-electron chi connectivity index (χ0n) is 18.4. The van der Waals surface area contributed by atoms with Crippen molar-refractivity contribution in [3.05, 3.63) is 64.8 Å². The number of benzene rings is 2. The standard InChI is InChI=1S/C25H23ClN4O4/c1-34-9-8-30-22(31)20-19(10-13-12-27-17-5-3-2-4-15(13)17)29-25(21(20)23(30)32)16-11-14(26)6-7-18(16)28-24(25)33/h2-7,11-12,19-21,27,29H,8-10H2,1H3,(H,28,33)/t19?,20-,21+,25?/m1/s1. The van der Waals surface area contributed by atoms with E-state index in [1.54, 1.807) is 18.2 Å². The van der Waals surface area contributed by atoms with Crippen LogP contribution in [0.3, 0.4) is 0 Å². The summed E-state index contributed by atoms with van der Waals surface area (Å²) in [6.07, 6.45) is 2.41. The third kappa shape index (κ3) is 2.82. The summed E-state index contributed by atoms with van der Waals surface area (Å²) in [5.74, 6) is -2.52. The topological polar surface area (TPSA) is 104 Å². The molecule has 8 nitrogen and oxygen atoms in total. The van der Waals surface area contributed by atoms with Crippen LogP contribution in [-0.4, -0.2) is 53.9 Å². The van der Waals surface area contributed by atoms with Crippen molar-refractivity contribution in [3.8, 4) is 0 Å². The van der Waals surface area contributed by atoms with E-state index in [0.717, 1.165) is 16.5 Å². The molecule has 2 aromatic carbocycles. The van der Waals surface area contributed by atoms with E-state index in [9.17, 15) is 14.4 Å². The molecule has 2 saturated heterocycles. The summed E-state index contributed by atoms with van der Waals surface area (Å²) in [5.41, 5.74) is 1.85. The number of anilines is 1. The number of methoxy groups -OCH3 is 1. The molecular formula is C25H23ClN4O4. The molecule has 0 bridgehead atoms. The number of imide groups is 1. The van der Waals surface area contributed by atoms with Crippen LogP contribution >= 0.6 is 11.6 Å². The number of hydrogen-bond acceptors (Lipinski definition) is 5. The van der Waals surface area contributed by atoms with Crippen LogP contribution in [0.4, 0.5) is 5.69 Å². The molecule has 34 heavy (non-hydrogen) atoms. The SMILES string of the molecule is COCCN1C(=O)[C@@H]2C(Cc3c[nH]c4ccccc34)NC3(C(=O)Nc4ccc(Cl)cc43)[C@@H]2C1=O. The van der Waals surface area contributed by atoms with Crippen LogP contribution in [0.1, 0.15) is 11.1 Å². The number of halogens is 1. The van der Waals surface area contributed by atoms with Crippen LogP contribution in [0, 0.1) is 11.8 Å². The Balaban J connectivity index is 1.47. The van der Waals surface area contributed by atoms with Gasteiger partial charge in [0, 0.05) is 46.5 Å². The summed E-state index contributed by atoms with van der Waals surface area (Å²) in [5, 5.41) is 7.87. The lowest BCUT2D eigenvalue weighted by Gasteiger charge is -2.29. The number of H-pyrrole nitrogens is 1. The molecule has 0 aliphatic carbocycles. The molecule has 1 spiro atoms. The molecule has 4 heterocycles. The Morgan fingerprint density at radius 3 is 2.76 bits per heavy atom. The second-order valence-corrected chi connectivity index (χ2v) is 9.53. The zero-order chi connectivity index (χ0) is 23.6. The molecule has 6 rings (SSSR count). The number of aromatic amines is 1. The van der Waals surface area contributed by atoms with Gasteiger partial charge >= 0.3 is 0 Å². The van der Waals surface area contributed by atoms with E-state index >= 15 is 0 Å². The fourth-order valence-corrected chi connectivity index (χ4v) is 6.12. The molecule has 3 aliphatic heterocycles. The lowest BCUT2D eigenvalue weighted by atomic mass is 9.76. The molecule has 0 saturated carbocycles. The Morgan fingerprint density at radius 1 is 1.12 bits per heavy atom. The summed E-state index contributed by atoms with van der Waals surface area (Å²) >= 11 is 6.30. The minimum atomic E-state index is -1.36. The van der Waals surface area contributed by atoms with Gasteiger partial charge in [0.25, 0.3) is 0 Å². The van der Waals surface area contributed by atoms with Gasteiger partial charge in [-0.05, 0) is 36.2 Å². The number of nitrogens with zero attached hydrogens (tertiary/aromatic N) is 1. The van der Waals surface area contributed by atoms with Gasteiger partial charge in [-0.15, -0.1) is 0 Å². The molecule has 9 heteroatoms. The van der Waals surface area contributed by atoms with Crippen LogP contribution in [0.15, 0.2) is 48.7 Å². The van der Waals surface area contributed by atoms with Crippen LogP contribution in [0.5, 0.6) is 0 Å². The third-order valence-corrected chi connectivity index (χ3v) is 7.64. The lowest BCUT2D eigenvalue weighted by Crippen LogP contribution is -2.53. The van der Waals surface area contributed by atoms with Gasteiger partial charge in [-0.3, -0.25) is 24.6 Å². The maximum Gasteiger partial charge on any atom is 0.250 e. The molecule has 3 aliphatic rings. The third-order valence-electron chi connectivity index (χ3n) is 7.40. The Bertz CT molecular complexity index is 1350. The highest BCUT2D eigenvalue weighted by molar-refractivity contribution is 6.31. The van der Waals surface area contributed by atoms with Gasteiger partial charge in [-0.1, -0.05) is 29.8 Å². The van der Waals surface area contributed by atoms with Gasteiger partial charge < -0.3 is 15.0 Å². The van der Waals surface area contributed by atoms with Crippen molar-refractivity contribution in [1.82, 2.24) is 15.2 Å². The molecule has 4 atom stereocenters. The highest BCUT2D eigenvalue weighted by Gasteiger charge is 2.70. The zero-order valence-corrected chi connectivity index (χ0v) is 19.2. The molecule has 174 valence electrons. The van der Waals surface area contributed by atoms with E-state index in [0.29, 0.717) is 22.7 Å². The lowest BCUT2D eigenvalue weighted by molar-refractivity contribution is -0.143. The normalized spacial score (nSPS) is 27.6. The fraction of sp³-hybridized carbons (Fsp3) is 0.320. The minimum Gasteiger partial charge on any atom is -0.383 e. The second kappa shape index (κ2) is 7.66. The molecule has 3 amide bonds. The monoisotopic (exact) mass is 478 g/mol. The van der Waals surface area contributed by atoms with Gasteiger partial charge in [-0.25, -0.2) is 0 Å². The van der Waals surface area contributed by atoms with Crippen LogP contribution in [0.25, 0.3) is 10.9 Å². The summed E-state index contributed by atoms with van der Waals surface area (Å²) < 4.78 is 5.13. The predicted octanol–water partition coefficient (Wildman–Crippen LogP) is 2.43. The maximum atomic E-state index is 13.7. The maximum absolute atomic E-state index is 13.7. The molecule has 1 aromatic heterocycles. The van der Waals surface area contributed by atoms with Gasteiger partial charge in [0.2, 0.25) is 17.7 Å². The first-order valence-corrected chi connectivity index (χ1v) is 11.6. The number of para-hydroxylation sites is 1. The summed E-state index contributed by atoms with van der Waals surface area (Å²) in [4.78, 5) is 45.3. The predicted molar refractivity (Wildman–Crippen MR) is 126 cm³/mol. The molecule has 3 aromatic rings. The highest BCUT2D eigenvalue weighted by atomic mass is 35.5. The van der Waals surface area contributed by atoms with Crippen LogP contribution < -0.4 is 10.6 Å².